The molecule has 2 rings (SSSR count). The average Bonchev–Trinajstić information content (AvgIpc) is 2.83. The highest BCUT2D eigenvalue weighted by molar-refractivity contribution is 5.06. The molecule has 2 aliphatic carbocycles. The fraction of sp³-hybridized carbons (Fsp3) is 1.00. The fourth-order valence-corrected chi connectivity index (χ4v) is 2.70. The molecule has 0 aromatic heterocycles. The summed E-state index contributed by atoms with van der Waals surface area (Å²) in [5, 5.41) is 22.6. The quantitative estimate of drug-likeness (QED) is 0.720. The molecule has 0 aromatic carbocycles. The molecule has 0 amide bonds. The van der Waals surface area contributed by atoms with Gasteiger partial charge < -0.3 is 10.2 Å². The van der Waals surface area contributed by atoms with E-state index in [0.717, 1.165) is 0 Å². The minimum atomic E-state index is -6.25. The molecule has 2 aliphatic rings. The summed E-state index contributed by atoms with van der Waals surface area (Å²) in [5.41, 5.74) is -7.83. The Morgan fingerprint density at radius 1 is 1.00 bits per heavy atom. The molecule has 2 fully saturated rings. The Bertz CT molecular complexity index is 719. The van der Waals surface area contributed by atoms with Crippen molar-refractivity contribution in [1.82, 2.24) is 0 Å². The Labute approximate surface area is 133 Å². The predicted octanol–water partition coefficient (Wildman–Crippen LogP) is 3.95. The van der Waals surface area contributed by atoms with Gasteiger partial charge in [0.15, 0.2) is 0 Å². The highest BCUT2D eigenvalue weighted by Gasteiger charge is 2.61. The van der Waals surface area contributed by atoms with E-state index in [9.17, 15) is 23.4 Å². The summed E-state index contributed by atoms with van der Waals surface area (Å²) >= 11 is 0. The average molecular weight is 305 g/mol. The van der Waals surface area contributed by atoms with Gasteiger partial charge in [-0.15, -0.1) is 0 Å². The zero-order chi connectivity index (χ0) is 24.7. The highest BCUT2D eigenvalue weighted by atomic mass is 19.4. The van der Waals surface area contributed by atoms with Gasteiger partial charge in [0, 0.05) is 15.1 Å². The molecule has 2 unspecified atom stereocenters. The molecule has 118 valence electrons. The molecule has 20 heavy (non-hydrogen) atoms. The van der Waals surface area contributed by atoms with Gasteiger partial charge in [0.05, 0.1) is 11.5 Å². The Kier molecular flexibility index (Phi) is 2.00. The van der Waals surface area contributed by atoms with Crippen LogP contribution in [0.5, 0.6) is 0 Å². The second-order valence-electron chi connectivity index (χ2n) is 5.15. The summed E-state index contributed by atoms with van der Waals surface area (Å²) in [5.74, 6) is -5.20. The molecular weight excluding hydrogens is 269 g/mol. The van der Waals surface area contributed by atoms with Crippen molar-refractivity contribution < 1.29 is 38.5 Å². The molecule has 0 radical (unpaired) electrons. The van der Waals surface area contributed by atoms with Crippen LogP contribution >= 0.6 is 0 Å². The minimum Gasteiger partial charge on any atom is -0.387 e. The number of hydrogen-bond donors (Lipinski definition) is 2. The molecule has 0 saturated heterocycles. The molecule has 2 nitrogen and oxygen atoms in total. The van der Waals surface area contributed by atoms with E-state index in [-0.39, 0.29) is 12.8 Å². The fourth-order valence-electron chi connectivity index (χ4n) is 2.70. The number of halogens is 3. The van der Waals surface area contributed by atoms with Gasteiger partial charge in [-0.1, -0.05) is 44.8 Å². The lowest BCUT2D eigenvalue weighted by Gasteiger charge is -2.48. The van der Waals surface area contributed by atoms with Crippen LogP contribution < -0.4 is 0 Å². The van der Waals surface area contributed by atoms with Crippen molar-refractivity contribution in [2.24, 2.45) is 5.89 Å². The first-order valence-electron chi connectivity index (χ1n) is 12.0. The van der Waals surface area contributed by atoms with Gasteiger partial charge in [0.2, 0.25) is 0 Å². The van der Waals surface area contributed by atoms with Crippen LogP contribution in [0.1, 0.15) is 85.5 Å². The molecule has 0 bridgehead atoms. The zero-order valence-electron chi connectivity index (χ0n) is 21.8. The SMILES string of the molecule is [2H]C1([2H])C([2H])([2H])C([2H])([2H])C([2H])(C(F)(F)F)C(O)(C2(O)CCCCCC2)C([2H])([2H])C1([2H])[2H]. The molecule has 2 N–H and O–H groups in total. The van der Waals surface area contributed by atoms with E-state index in [4.69, 9.17) is 15.1 Å². The Hall–Kier alpha value is -0.290. The van der Waals surface area contributed by atoms with Crippen molar-refractivity contribution >= 4 is 0 Å². The van der Waals surface area contributed by atoms with Crippen molar-refractivity contribution in [3.63, 3.8) is 0 Å². The van der Waals surface area contributed by atoms with Crippen molar-refractivity contribution in [3.8, 4) is 0 Å². The number of alkyl halides is 3. The van der Waals surface area contributed by atoms with E-state index in [2.05, 4.69) is 0 Å². The predicted molar refractivity (Wildman–Crippen MR) is 70.2 cm³/mol. The van der Waals surface area contributed by atoms with Gasteiger partial charge >= 0.3 is 6.18 Å². The summed E-state index contributed by atoms with van der Waals surface area (Å²) < 4.78 is 131. The summed E-state index contributed by atoms with van der Waals surface area (Å²) in [6, 6.07) is 0. The lowest BCUT2D eigenvalue weighted by molar-refractivity contribution is -0.277. The van der Waals surface area contributed by atoms with E-state index in [1.807, 2.05) is 0 Å². The second kappa shape index (κ2) is 5.84. The van der Waals surface area contributed by atoms with E-state index in [1.54, 1.807) is 0 Å². The minimum absolute atomic E-state index is 0.0609. The number of hydrogen-bond acceptors (Lipinski definition) is 2. The molecule has 0 aliphatic heterocycles. The Balaban J connectivity index is 3.17. The lowest BCUT2D eigenvalue weighted by atomic mass is 9.67. The normalized spacial score (nSPS) is 60.5. The Morgan fingerprint density at radius 3 is 2.15 bits per heavy atom. The standard InChI is InChI=1S/C15H25F3O2/c16-15(17,18)12-8-4-3-7-11-14(12,20)13(19)9-5-1-2-6-10-13/h12,19-20H,1-11H2/i3D2,4D2,7D2,8D2,11D2,12D. The van der Waals surface area contributed by atoms with E-state index in [1.165, 1.54) is 0 Å². The van der Waals surface area contributed by atoms with Crippen LogP contribution in [0.15, 0.2) is 0 Å². The van der Waals surface area contributed by atoms with E-state index >= 15 is 0 Å². The van der Waals surface area contributed by atoms with E-state index < -0.39 is 68.0 Å². The van der Waals surface area contributed by atoms with Crippen LogP contribution in [0.2, 0.25) is 0 Å². The molecule has 2 atom stereocenters. The van der Waals surface area contributed by atoms with Crippen LogP contribution in [-0.4, -0.2) is 27.6 Å². The Morgan fingerprint density at radius 2 is 1.60 bits per heavy atom. The van der Waals surface area contributed by atoms with Crippen molar-refractivity contribution in [2.75, 3.05) is 0 Å². The molecule has 0 heterocycles. The molecular formula is C15H25F3O2. The van der Waals surface area contributed by atoms with Gasteiger partial charge in [0.25, 0.3) is 0 Å². The van der Waals surface area contributed by atoms with Crippen molar-refractivity contribution in [3.05, 3.63) is 0 Å². The second-order valence-corrected chi connectivity index (χ2v) is 5.15. The van der Waals surface area contributed by atoms with E-state index in [0.29, 0.717) is 12.8 Å². The first-order chi connectivity index (χ1) is 13.5. The molecule has 0 spiro atoms. The number of rotatable bonds is 1. The third-order valence-electron chi connectivity index (χ3n) is 3.81. The monoisotopic (exact) mass is 305 g/mol. The third kappa shape index (κ3) is 2.98. The van der Waals surface area contributed by atoms with Crippen molar-refractivity contribution in [2.45, 2.75) is 87.8 Å². The molecule has 0 aromatic rings. The summed E-state index contributed by atoms with van der Waals surface area (Å²) in [7, 11) is 0. The molecule has 5 heteroatoms. The van der Waals surface area contributed by atoms with Crippen LogP contribution in [-0.2, 0) is 0 Å². The summed E-state index contributed by atoms with van der Waals surface area (Å²) in [6.45, 7) is 0. The first kappa shape index (κ1) is 6.86. The topological polar surface area (TPSA) is 40.5 Å². The highest BCUT2D eigenvalue weighted by Crippen LogP contribution is 2.51. The van der Waals surface area contributed by atoms with Gasteiger partial charge in [0.1, 0.15) is 5.60 Å². The third-order valence-corrected chi connectivity index (χ3v) is 3.81. The smallest absolute Gasteiger partial charge is 0.387 e. The van der Waals surface area contributed by atoms with Crippen molar-refractivity contribution in [1.29, 1.82) is 0 Å². The lowest BCUT2D eigenvalue weighted by Crippen LogP contribution is -2.61. The van der Waals surface area contributed by atoms with Gasteiger partial charge in [-0.05, 0) is 25.6 Å². The van der Waals surface area contributed by atoms with Crippen LogP contribution in [0, 0.1) is 5.89 Å². The van der Waals surface area contributed by atoms with Crippen LogP contribution in [0.25, 0.3) is 0 Å². The summed E-state index contributed by atoms with van der Waals surface area (Å²) in [6.07, 6.45) is -29.4. The largest absolute Gasteiger partial charge is 0.394 e. The number of aliphatic hydroxyl groups is 2. The maximum Gasteiger partial charge on any atom is 0.394 e. The maximum absolute atomic E-state index is 14.4. The van der Waals surface area contributed by atoms with Crippen LogP contribution in [0.4, 0.5) is 13.2 Å². The first-order valence-corrected chi connectivity index (χ1v) is 6.47. The van der Waals surface area contributed by atoms with Gasteiger partial charge in [-0.2, -0.15) is 13.2 Å². The summed E-state index contributed by atoms with van der Waals surface area (Å²) in [4.78, 5) is 0. The maximum atomic E-state index is 14.4. The zero-order valence-corrected chi connectivity index (χ0v) is 10.8. The molecule has 2 saturated carbocycles. The van der Waals surface area contributed by atoms with Crippen LogP contribution in [0.3, 0.4) is 0 Å². The van der Waals surface area contributed by atoms with Gasteiger partial charge in [-0.3, -0.25) is 0 Å². The van der Waals surface area contributed by atoms with Gasteiger partial charge in [-0.25, -0.2) is 0 Å².